The van der Waals surface area contributed by atoms with E-state index in [9.17, 15) is 0 Å². The molecule has 0 saturated carbocycles. The summed E-state index contributed by atoms with van der Waals surface area (Å²) in [6.45, 7) is 2.21. The predicted molar refractivity (Wildman–Crippen MR) is 50.5 cm³/mol. The van der Waals surface area contributed by atoms with Crippen LogP contribution in [0.2, 0.25) is 0 Å². The van der Waals surface area contributed by atoms with Crippen LogP contribution in [-0.2, 0) is 4.74 Å². The first-order chi connectivity index (χ1) is 6.90. The van der Waals surface area contributed by atoms with Gasteiger partial charge in [0, 0.05) is 6.54 Å². The van der Waals surface area contributed by atoms with E-state index >= 15 is 0 Å². The number of aromatic nitrogens is 1. The van der Waals surface area contributed by atoms with E-state index in [1.807, 2.05) is 18.2 Å². The van der Waals surface area contributed by atoms with E-state index in [0.29, 0.717) is 12.3 Å². The molecule has 1 saturated heterocycles. The molecule has 1 aliphatic rings. The molecule has 0 bridgehead atoms. The van der Waals surface area contributed by atoms with Crippen molar-refractivity contribution in [3.8, 4) is 6.07 Å². The third-order valence-electron chi connectivity index (χ3n) is 2.16. The van der Waals surface area contributed by atoms with Crippen molar-refractivity contribution in [3.05, 3.63) is 29.6 Å². The van der Waals surface area contributed by atoms with Crippen LogP contribution in [0.1, 0.15) is 17.4 Å². The quantitative estimate of drug-likeness (QED) is 0.703. The molecule has 0 spiro atoms. The Balaban J connectivity index is 2.18. The first-order valence-electron chi connectivity index (χ1n) is 4.58. The highest BCUT2D eigenvalue weighted by Gasteiger charge is 2.16. The Kier molecular flexibility index (Phi) is 2.73. The van der Waals surface area contributed by atoms with Crippen molar-refractivity contribution in [2.75, 3.05) is 19.8 Å². The number of nitriles is 1. The Hall–Kier alpha value is -1.44. The van der Waals surface area contributed by atoms with Gasteiger partial charge < -0.3 is 10.1 Å². The van der Waals surface area contributed by atoms with E-state index < -0.39 is 0 Å². The third kappa shape index (κ3) is 1.90. The summed E-state index contributed by atoms with van der Waals surface area (Å²) in [5.74, 6) is 0. The second-order valence-corrected chi connectivity index (χ2v) is 3.14. The Labute approximate surface area is 82.5 Å². The molecule has 4 heteroatoms. The maximum absolute atomic E-state index is 8.70. The molecule has 0 aliphatic carbocycles. The molecule has 4 nitrogen and oxygen atoms in total. The van der Waals surface area contributed by atoms with Gasteiger partial charge in [-0.15, -0.1) is 0 Å². The van der Waals surface area contributed by atoms with Gasteiger partial charge in [-0.05, 0) is 12.1 Å². The monoisotopic (exact) mass is 189 g/mol. The number of pyridine rings is 1. The maximum Gasteiger partial charge on any atom is 0.140 e. The normalized spacial score (nSPS) is 21.5. The summed E-state index contributed by atoms with van der Waals surface area (Å²) >= 11 is 0. The van der Waals surface area contributed by atoms with Gasteiger partial charge in [-0.2, -0.15) is 5.26 Å². The standard InChI is InChI=1S/C10H11N3O/c11-6-8-2-1-3-9(13-8)10-7-14-5-4-12-10/h1-3,10,12H,4-5,7H2. The lowest BCUT2D eigenvalue weighted by molar-refractivity contribution is 0.0756. The molecule has 1 fully saturated rings. The van der Waals surface area contributed by atoms with Gasteiger partial charge in [-0.3, -0.25) is 0 Å². The minimum atomic E-state index is 0.122. The molecule has 1 N–H and O–H groups in total. The molecular formula is C10H11N3O. The first-order valence-corrected chi connectivity index (χ1v) is 4.58. The van der Waals surface area contributed by atoms with Gasteiger partial charge in [0.15, 0.2) is 0 Å². The van der Waals surface area contributed by atoms with Crippen molar-refractivity contribution < 1.29 is 4.74 Å². The summed E-state index contributed by atoms with van der Waals surface area (Å²) in [6.07, 6.45) is 0. The van der Waals surface area contributed by atoms with Gasteiger partial charge in [0.05, 0.1) is 24.9 Å². The molecule has 1 aromatic heterocycles. The Morgan fingerprint density at radius 3 is 3.21 bits per heavy atom. The zero-order chi connectivity index (χ0) is 9.80. The van der Waals surface area contributed by atoms with Crippen LogP contribution >= 0.6 is 0 Å². The predicted octanol–water partition coefficient (Wildman–Crippen LogP) is 0.614. The summed E-state index contributed by atoms with van der Waals surface area (Å²) in [6, 6.07) is 7.60. The lowest BCUT2D eigenvalue weighted by Gasteiger charge is -2.23. The number of ether oxygens (including phenoxy) is 1. The van der Waals surface area contributed by atoms with Crippen molar-refractivity contribution in [3.63, 3.8) is 0 Å². The van der Waals surface area contributed by atoms with Crippen molar-refractivity contribution in [1.29, 1.82) is 5.26 Å². The van der Waals surface area contributed by atoms with E-state index in [1.165, 1.54) is 0 Å². The Morgan fingerprint density at radius 2 is 2.50 bits per heavy atom. The van der Waals surface area contributed by atoms with Crippen molar-refractivity contribution in [2.24, 2.45) is 0 Å². The van der Waals surface area contributed by atoms with Gasteiger partial charge in [-0.1, -0.05) is 6.07 Å². The lowest BCUT2D eigenvalue weighted by atomic mass is 10.1. The third-order valence-corrected chi connectivity index (χ3v) is 2.16. The van der Waals surface area contributed by atoms with E-state index in [1.54, 1.807) is 6.07 Å². The molecule has 72 valence electrons. The summed E-state index contributed by atoms with van der Waals surface area (Å²) in [5.41, 5.74) is 1.33. The van der Waals surface area contributed by atoms with Crippen LogP contribution in [0.15, 0.2) is 18.2 Å². The molecule has 14 heavy (non-hydrogen) atoms. The second-order valence-electron chi connectivity index (χ2n) is 3.14. The second kappa shape index (κ2) is 4.18. The number of rotatable bonds is 1. The van der Waals surface area contributed by atoms with E-state index in [2.05, 4.69) is 10.3 Å². The van der Waals surface area contributed by atoms with Gasteiger partial charge in [-0.25, -0.2) is 4.98 Å². The van der Waals surface area contributed by atoms with Gasteiger partial charge >= 0.3 is 0 Å². The SMILES string of the molecule is N#Cc1cccc(C2COCCN2)n1. The van der Waals surface area contributed by atoms with E-state index in [4.69, 9.17) is 10.00 Å². The molecule has 2 heterocycles. The van der Waals surface area contributed by atoms with E-state index in [-0.39, 0.29) is 6.04 Å². The molecule has 1 unspecified atom stereocenters. The van der Waals surface area contributed by atoms with E-state index in [0.717, 1.165) is 18.8 Å². The smallest absolute Gasteiger partial charge is 0.140 e. The molecule has 0 aromatic carbocycles. The molecule has 0 radical (unpaired) electrons. The number of nitrogens with one attached hydrogen (secondary N) is 1. The van der Waals surface area contributed by atoms with Crippen LogP contribution in [0, 0.1) is 11.3 Å². The van der Waals surface area contributed by atoms with Crippen LogP contribution in [0.3, 0.4) is 0 Å². The highest BCUT2D eigenvalue weighted by atomic mass is 16.5. The minimum Gasteiger partial charge on any atom is -0.378 e. The molecule has 2 rings (SSSR count). The van der Waals surface area contributed by atoms with Crippen LogP contribution in [0.5, 0.6) is 0 Å². The topological polar surface area (TPSA) is 57.9 Å². The summed E-state index contributed by atoms with van der Waals surface area (Å²) in [5, 5.41) is 12.0. The van der Waals surface area contributed by atoms with Crippen LogP contribution < -0.4 is 5.32 Å². The van der Waals surface area contributed by atoms with Crippen LogP contribution in [-0.4, -0.2) is 24.7 Å². The van der Waals surface area contributed by atoms with Gasteiger partial charge in [0.1, 0.15) is 11.8 Å². The fraction of sp³-hybridized carbons (Fsp3) is 0.400. The molecule has 1 atom stereocenters. The maximum atomic E-state index is 8.70. The number of hydrogen-bond donors (Lipinski definition) is 1. The highest BCUT2D eigenvalue weighted by Crippen LogP contribution is 2.13. The Bertz CT molecular complexity index is 353. The summed E-state index contributed by atoms with van der Waals surface area (Å²) in [4.78, 5) is 4.21. The number of nitrogens with zero attached hydrogens (tertiary/aromatic N) is 2. The summed E-state index contributed by atoms with van der Waals surface area (Å²) < 4.78 is 5.32. The van der Waals surface area contributed by atoms with Crippen LogP contribution in [0.25, 0.3) is 0 Å². The van der Waals surface area contributed by atoms with Crippen molar-refractivity contribution in [1.82, 2.24) is 10.3 Å². The van der Waals surface area contributed by atoms with Crippen molar-refractivity contribution >= 4 is 0 Å². The average Bonchev–Trinajstić information content (AvgIpc) is 2.30. The van der Waals surface area contributed by atoms with Gasteiger partial charge in [0.2, 0.25) is 0 Å². The van der Waals surface area contributed by atoms with Crippen LogP contribution in [0.4, 0.5) is 0 Å². The fourth-order valence-electron chi connectivity index (χ4n) is 1.46. The minimum absolute atomic E-state index is 0.122. The fourth-order valence-corrected chi connectivity index (χ4v) is 1.46. The molecule has 0 amide bonds. The lowest BCUT2D eigenvalue weighted by Crippen LogP contribution is -2.35. The summed E-state index contributed by atoms with van der Waals surface area (Å²) in [7, 11) is 0. The zero-order valence-electron chi connectivity index (χ0n) is 7.73. The average molecular weight is 189 g/mol. The number of hydrogen-bond acceptors (Lipinski definition) is 4. The molecule has 1 aromatic rings. The molecular weight excluding hydrogens is 178 g/mol. The van der Waals surface area contributed by atoms with Gasteiger partial charge in [0.25, 0.3) is 0 Å². The number of morpholine rings is 1. The van der Waals surface area contributed by atoms with Crippen molar-refractivity contribution in [2.45, 2.75) is 6.04 Å². The zero-order valence-corrected chi connectivity index (χ0v) is 7.73. The highest BCUT2D eigenvalue weighted by molar-refractivity contribution is 5.23. The largest absolute Gasteiger partial charge is 0.378 e. The Morgan fingerprint density at radius 1 is 1.57 bits per heavy atom. The first kappa shape index (κ1) is 9.13. The molecule has 1 aliphatic heterocycles.